The molecule has 0 unspecified atom stereocenters. The van der Waals surface area contributed by atoms with Crippen LogP contribution in [0.3, 0.4) is 0 Å². The Balaban J connectivity index is 1.66. The minimum atomic E-state index is -0.460. The van der Waals surface area contributed by atoms with E-state index in [9.17, 15) is 14.4 Å². The highest BCUT2D eigenvalue weighted by atomic mass is 32.1. The Bertz CT molecular complexity index is 851. The van der Waals surface area contributed by atoms with Gasteiger partial charge < -0.3 is 10.3 Å². The summed E-state index contributed by atoms with van der Waals surface area (Å²) in [5.74, 6) is 0.963. The second-order valence-corrected chi connectivity index (χ2v) is 7.66. The molecule has 1 amide bonds. The average molecular weight is 349 g/mol. The normalized spacial score (nSPS) is 24.2. The predicted molar refractivity (Wildman–Crippen MR) is 95.4 cm³/mol. The third-order valence-electron chi connectivity index (χ3n) is 5.21. The molecule has 2 aromatic heterocycles. The summed E-state index contributed by atoms with van der Waals surface area (Å²) >= 11 is 1.30. The van der Waals surface area contributed by atoms with E-state index in [1.54, 1.807) is 11.4 Å². The third-order valence-corrected chi connectivity index (χ3v) is 6.11. The molecule has 0 aliphatic heterocycles. The number of aromatic amines is 1. The van der Waals surface area contributed by atoms with Crippen LogP contribution in [-0.2, 0) is 11.3 Å². The second kappa shape index (κ2) is 6.93. The molecule has 0 aromatic carbocycles. The van der Waals surface area contributed by atoms with Gasteiger partial charge in [-0.15, -0.1) is 11.3 Å². The molecule has 3 rings (SSSR count). The minimum absolute atomic E-state index is 0.0986. The number of H-pyrrole nitrogens is 1. The molecule has 7 heteroatoms. The maximum atomic E-state index is 12.3. The van der Waals surface area contributed by atoms with Crippen LogP contribution in [0.15, 0.2) is 21.0 Å². The number of carbonyl (C=O) groups excluding carboxylic acids is 1. The average Bonchev–Trinajstić information content (AvgIpc) is 3.00. The van der Waals surface area contributed by atoms with E-state index in [2.05, 4.69) is 24.1 Å². The first-order valence-corrected chi connectivity index (χ1v) is 9.35. The van der Waals surface area contributed by atoms with Crippen molar-refractivity contribution in [2.75, 3.05) is 0 Å². The predicted octanol–water partition coefficient (Wildman–Crippen LogP) is 2.08. The topological polar surface area (TPSA) is 84.0 Å². The largest absolute Gasteiger partial charge is 0.353 e. The Labute approximate surface area is 143 Å². The lowest BCUT2D eigenvalue weighted by atomic mass is 9.78. The number of nitrogens with one attached hydrogen (secondary N) is 2. The Morgan fingerprint density at radius 2 is 2.17 bits per heavy atom. The molecule has 0 spiro atoms. The molecule has 2 N–H and O–H groups in total. The van der Waals surface area contributed by atoms with Gasteiger partial charge in [-0.25, -0.2) is 4.79 Å². The lowest BCUT2D eigenvalue weighted by Crippen LogP contribution is -2.44. The van der Waals surface area contributed by atoms with Crippen molar-refractivity contribution in [3.63, 3.8) is 0 Å². The molecule has 1 aliphatic rings. The van der Waals surface area contributed by atoms with E-state index < -0.39 is 5.69 Å². The van der Waals surface area contributed by atoms with Crippen LogP contribution in [-0.4, -0.2) is 21.5 Å². The summed E-state index contributed by atoms with van der Waals surface area (Å²) in [4.78, 5) is 39.3. The van der Waals surface area contributed by atoms with E-state index >= 15 is 0 Å². The number of amides is 1. The highest BCUT2D eigenvalue weighted by molar-refractivity contribution is 7.17. The Morgan fingerprint density at radius 1 is 1.38 bits per heavy atom. The zero-order valence-corrected chi connectivity index (χ0v) is 14.8. The fourth-order valence-electron chi connectivity index (χ4n) is 3.45. The number of nitrogens with zero attached hydrogens (tertiary/aromatic N) is 1. The number of hydrogen-bond acceptors (Lipinski definition) is 4. The summed E-state index contributed by atoms with van der Waals surface area (Å²) in [5.41, 5.74) is -0.227. The maximum Gasteiger partial charge on any atom is 0.328 e. The van der Waals surface area contributed by atoms with Crippen LogP contribution in [0.5, 0.6) is 0 Å². The molecule has 3 atom stereocenters. The molecule has 1 saturated carbocycles. The van der Waals surface area contributed by atoms with Crippen LogP contribution >= 0.6 is 11.3 Å². The molecule has 0 radical (unpaired) electrons. The van der Waals surface area contributed by atoms with Gasteiger partial charge in [0.25, 0.3) is 5.56 Å². The van der Waals surface area contributed by atoms with Crippen LogP contribution in [0, 0.1) is 11.8 Å². The van der Waals surface area contributed by atoms with E-state index in [1.807, 2.05) is 0 Å². The number of aromatic nitrogens is 2. The van der Waals surface area contributed by atoms with Crippen LogP contribution in [0.4, 0.5) is 0 Å². The number of thiophene rings is 1. The summed E-state index contributed by atoms with van der Waals surface area (Å²) in [5, 5.41) is 4.84. The van der Waals surface area contributed by atoms with E-state index in [0.717, 1.165) is 17.4 Å². The van der Waals surface area contributed by atoms with Crippen LogP contribution in [0.25, 0.3) is 10.2 Å². The van der Waals surface area contributed by atoms with Crippen molar-refractivity contribution in [3.8, 4) is 0 Å². The number of carbonyl (C=O) groups is 1. The molecule has 130 valence electrons. The fourth-order valence-corrected chi connectivity index (χ4v) is 4.25. The molecule has 24 heavy (non-hydrogen) atoms. The Morgan fingerprint density at radius 3 is 2.96 bits per heavy atom. The van der Waals surface area contributed by atoms with Crippen molar-refractivity contribution in [1.29, 1.82) is 0 Å². The molecular weight excluding hydrogens is 326 g/mol. The maximum absolute atomic E-state index is 12.3. The summed E-state index contributed by atoms with van der Waals surface area (Å²) in [6, 6.07) is 1.90. The highest BCUT2D eigenvalue weighted by Crippen LogP contribution is 2.29. The van der Waals surface area contributed by atoms with Crippen LogP contribution in [0.2, 0.25) is 0 Å². The van der Waals surface area contributed by atoms with Gasteiger partial charge in [-0.1, -0.05) is 26.7 Å². The zero-order chi connectivity index (χ0) is 17.3. The van der Waals surface area contributed by atoms with E-state index in [1.165, 1.54) is 17.8 Å². The van der Waals surface area contributed by atoms with Gasteiger partial charge in [0, 0.05) is 19.0 Å². The molecule has 0 bridgehead atoms. The first-order valence-electron chi connectivity index (χ1n) is 8.47. The fraction of sp³-hybridized carbons (Fsp3) is 0.588. The second-order valence-electron chi connectivity index (χ2n) is 6.74. The van der Waals surface area contributed by atoms with Gasteiger partial charge in [-0.2, -0.15) is 0 Å². The monoisotopic (exact) mass is 349 g/mol. The van der Waals surface area contributed by atoms with E-state index in [-0.39, 0.29) is 30.5 Å². The van der Waals surface area contributed by atoms with Crippen molar-refractivity contribution < 1.29 is 4.79 Å². The van der Waals surface area contributed by atoms with Gasteiger partial charge in [0.2, 0.25) is 5.91 Å². The number of rotatable bonds is 4. The standard InChI is InChI=1S/C17H23N3O3S/c1-10-4-3-5-12(11(10)2)18-14(21)6-8-20-16(22)15-13(7-9-24-15)19-17(20)23/h7,9-12H,3-6,8H2,1-2H3,(H,18,21)(H,19,23)/t10-,11+,12-/m1/s1. The third kappa shape index (κ3) is 3.31. The SMILES string of the molecule is C[C@H]1[C@H](C)CCC[C@H]1NC(=O)CCn1c(=O)[nH]c2ccsc2c1=O. The quantitative estimate of drug-likeness (QED) is 0.886. The van der Waals surface area contributed by atoms with Gasteiger partial charge in [0.15, 0.2) is 0 Å². The lowest BCUT2D eigenvalue weighted by Gasteiger charge is -2.34. The van der Waals surface area contributed by atoms with Crippen LogP contribution in [0.1, 0.15) is 39.5 Å². The summed E-state index contributed by atoms with van der Waals surface area (Å²) in [7, 11) is 0. The molecule has 2 aromatic rings. The van der Waals surface area contributed by atoms with Gasteiger partial charge in [-0.3, -0.25) is 14.2 Å². The Hall–Kier alpha value is -1.89. The zero-order valence-electron chi connectivity index (χ0n) is 14.0. The first-order chi connectivity index (χ1) is 11.5. The number of fused-ring (bicyclic) bond motifs is 1. The van der Waals surface area contributed by atoms with Gasteiger partial charge in [-0.05, 0) is 29.7 Å². The van der Waals surface area contributed by atoms with Gasteiger partial charge in [0.05, 0.1) is 5.52 Å². The first kappa shape index (κ1) is 17.0. The summed E-state index contributed by atoms with van der Waals surface area (Å²) in [6.07, 6.45) is 3.47. The van der Waals surface area contributed by atoms with Crippen molar-refractivity contribution in [2.24, 2.45) is 11.8 Å². The van der Waals surface area contributed by atoms with Crippen molar-refractivity contribution in [1.82, 2.24) is 14.9 Å². The highest BCUT2D eigenvalue weighted by Gasteiger charge is 2.28. The Kier molecular flexibility index (Phi) is 4.89. The lowest BCUT2D eigenvalue weighted by molar-refractivity contribution is -0.122. The van der Waals surface area contributed by atoms with Crippen LogP contribution < -0.4 is 16.6 Å². The minimum Gasteiger partial charge on any atom is -0.353 e. The molecule has 1 fully saturated rings. The molecule has 2 heterocycles. The summed E-state index contributed by atoms with van der Waals surface area (Å²) in [6.45, 7) is 4.50. The smallest absolute Gasteiger partial charge is 0.328 e. The molecular formula is C17H23N3O3S. The summed E-state index contributed by atoms with van der Waals surface area (Å²) < 4.78 is 1.63. The van der Waals surface area contributed by atoms with Gasteiger partial charge in [0.1, 0.15) is 4.70 Å². The van der Waals surface area contributed by atoms with E-state index in [4.69, 9.17) is 0 Å². The van der Waals surface area contributed by atoms with E-state index in [0.29, 0.717) is 22.1 Å². The molecule has 1 aliphatic carbocycles. The van der Waals surface area contributed by atoms with Gasteiger partial charge >= 0.3 is 5.69 Å². The molecule has 6 nitrogen and oxygen atoms in total. The van der Waals surface area contributed by atoms with Crippen molar-refractivity contribution in [3.05, 3.63) is 32.3 Å². The molecule has 0 saturated heterocycles. The van der Waals surface area contributed by atoms with Crippen molar-refractivity contribution in [2.45, 2.75) is 52.1 Å². The van der Waals surface area contributed by atoms with Crippen molar-refractivity contribution >= 4 is 27.5 Å². The number of hydrogen-bond donors (Lipinski definition) is 2.